The van der Waals surface area contributed by atoms with Crippen LogP contribution in [0.3, 0.4) is 0 Å². The Hall–Kier alpha value is -0.540. The molecule has 1 nitrogen and oxygen atoms in total. The maximum Gasteiger partial charge on any atom is 0.126 e. The number of hydrogen-bond donors (Lipinski definition) is 1. The Kier molecular flexibility index (Phi) is 3.39. The summed E-state index contributed by atoms with van der Waals surface area (Å²) in [4.78, 5) is 0. The average Bonchev–Trinajstić information content (AvgIpc) is 2.95. The first kappa shape index (κ1) is 11.5. The molecule has 2 unspecified atom stereocenters. The van der Waals surface area contributed by atoms with Crippen molar-refractivity contribution in [1.82, 2.24) is 5.32 Å². The van der Waals surface area contributed by atoms with Gasteiger partial charge >= 0.3 is 0 Å². The molecule has 1 N–H and O–H groups in total. The predicted molar refractivity (Wildman–Crippen MR) is 70.9 cm³/mol. The highest BCUT2D eigenvalue weighted by Gasteiger charge is 2.25. The van der Waals surface area contributed by atoms with Gasteiger partial charge in [-0.15, -0.1) is 0 Å². The number of thioether (sulfide) groups is 1. The molecule has 17 heavy (non-hydrogen) atoms. The minimum absolute atomic E-state index is 0.0248. The molecule has 1 aliphatic carbocycles. The van der Waals surface area contributed by atoms with Crippen molar-refractivity contribution < 1.29 is 4.39 Å². The molecule has 0 spiro atoms. The molecular weight excluding hydrogens is 233 g/mol. The van der Waals surface area contributed by atoms with Crippen LogP contribution in [0.25, 0.3) is 0 Å². The van der Waals surface area contributed by atoms with E-state index < -0.39 is 0 Å². The first-order valence-corrected chi connectivity index (χ1v) is 7.58. The summed E-state index contributed by atoms with van der Waals surface area (Å²) in [6.45, 7) is 1.09. The molecule has 1 saturated heterocycles. The van der Waals surface area contributed by atoms with Crippen LogP contribution in [-0.2, 0) is 6.42 Å². The van der Waals surface area contributed by atoms with Gasteiger partial charge in [-0.3, -0.25) is 0 Å². The summed E-state index contributed by atoms with van der Waals surface area (Å²) >= 11 is 2.05. The Labute approximate surface area is 106 Å². The zero-order valence-corrected chi connectivity index (χ0v) is 10.7. The molecule has 1 fully saturated rings. The van der Waals surface area contributed by atoms with Crippen molar-refractivity contribution in [3.8, 4) is 0 Å². The van der Waals surface area contributed by atoms with E-state index in [2.05, 4.69) is 23.1 Å². The number of halogens is 1. The van der Waals surface area contributed by atoms with Crippen molar-refractivity contribution in [2.45, 2.75) is 25.3 Å². The molecular formula is C14H18FNS. The lowest BCUT2D eigenvalue weighted by atomic mass is 10.1. The number of hydrogen-bond acceptors (Lipinski definition) is 2. The summed E-state index contributed by atoms with van der Waals surface area (Å²) < 4.78 is 13.6. The van der Waals surface area contributed by atoms with E-state index in [1.54, 1.807) is 6.07 Å². The molecule has 1 heterocycles. The van der Waals surface area contributed by atoms with E-state index in [4.69, 9.17) is 0 Å². The van der Waals surface area contributed by atoms with Crippen molar-refractivity contribution in [2.24, 2.45) is 5.92 Å². The summed E-state index contributed by atoms with van der Waals surface area (Å²) in [5, 5.41) is 3.63. The number of nitrogens with one attached hydrogen (secondary N) is 1. The van der Waals surface area contributed by atoms with Gasteiger partial charge in [0.1, 0.15) is 5.82 Å². The van der Waals surface area contributed by atoms with Crippen molar-refractivity contribution in [2.75, 3.05) is 18.1 Å². The fourth-order valence-electron chi connectivity index (χ4n) is 2.87. The van der Waals surface area contributed by atoms with Crippen LogP contribution in [0.4, 0.5) is 4.39 Å². The Morgan fingerprint density at radius 3 is 3.12 bits per heavy atom. The van der Waals surface area contributed by atoms with Gasteiger partial charge in [0.05, 0.1) is 0 Å². The Balaban J connectivity index is 1.65. The number of benzene rings is 1. The van der Waals surface area contributed by atoms with Crippen LogP contribution < -0.4 is 5.32 Å². The lowest BCUT2D eigenvalue weighted by Crippen LogP contribution is -2.26. The SMILES string of the molecule is Fc1cccc2c1CCC2NCC1CCSC1. The van der Waals surface area contributed by atoms with E-state index in [-0.39, 0.29) is 5.82 Å². The molecule has 1 aromatic carbocycles. The van der Waals surface area contributed by atoms with Crippen LogP contribution >= 0.6 is 11.8 Å². The molecule has 3 heteroatoms. The van der Waals surface area contributed by atoms with E-state index >= 15 is 0 Å². The Bertz CT molecular complexity index is 401. The van der Waals surface area contributed by atoms with E-state index in [0.29, 0.717) is 6.04 Å². The van der Waals surface area contributed by atoms with Crippen LogP contribution in [-0.4, -0.2) is 18.1 Å². The highest BCUT2D eigenvalue weighted by atomic mass is 32.2. The number of fused-ring (bicyclic) bond motifs is 1. The molecule has 2 aliphatic rings. The van der Waals surface area contributed by atoms with Gasteiger partial charge in [0.2, 0.25) is 0 Å². The topological polar surface area (TPSA) is 12.0 Å². The maximum absolute atomic E-state index is 13.6. The maximum atomic E-state index is 13.6. The van der Waals surface area contributed by atoms with Gasteiger partial charge in [-0.2, -0.15) is 11.8 Å². The molecule has 1 aliphatic heterocycles. The van der Waals surface area contributed by atoms with E-state index in [1.807, 2.05) is 6.07 Å². The second-order valence-corrected chi connectivity index (χ2v) is 6.19. The van der Waals surface area contributed by atoms with Crippen LogP contribution in [0.5, 0.6) is 0 Å². The first-order valence-electron chi connectivity index (χ1n) is 6.43. The molecule has 0 aromatic heterocycles. The Morgan fingerprint density at radius 1 is 1.35 bits per heavy atom. The lowest BCUT2D eigenvalue weighted by molar-refractivity contribution is 0.457. The third-order valence-electron chi connectivity index (χ3n) is 3.89. The number of rotatable bonds is 3. The van der Waals surface area contributed by atoms with Crippen molar-refractivity contribution in [1.29, 1.82) is 0 Å². The monoisotopic (exact) mass is 251 g/mol. The smallest absolute Gasteiger partial charge is 0.126 e. The van der Waals surface area contributed by atoms with Gasteiger partial charge in [0, 0.05) is 6.04 Å². The minimum atomic E-state index is -0.0248. The first-order chi connectivity index (χ1) is 8.34. The van der Waals surface area contributed by atoms with Gasteiger partial charge in [0.25, 0.3) is 0 Å². The van der Waals surface area contributed by atoms with Crippen molar-refractivity contribution in [3.63, 3.8) is 0 Å². The predicted octanol–water partition coefficient (Wildman–Crippen LogP) is 3.16. The fraction of sp³-hybridized carbons (Fsp3) is 0.571. The van der Waals surface area contributed by atoms with E-state index in [9.17, 15) is 4.39 Å². The quantitative estimate of drug-likeness (QED) is 0.885. The highest BCUT2D eigenvalue weighted by molar-refractivity contribution is 7.99. The van der Waals surface area contributed by atoms with E-state index in [1.165, 1.54) is 23.5 Å². The third kappa shape index (κ3) is 2.36. The summed E-state index contributed by atoms with van der Waals surface area (Å²) in [7, 11) is 0. The highest BCUT2D eigenvalue weighted by Crippen LogP contribution is 2.33. The van der Waals surface area contributed by atoms with Gasteiger partial charge in [-0.05, 0) is 60.4 Å². The molecule has 0 bridgehead atoms. The fourth-order valence-corrected chi connectivity index (χ4v) is 4.16. The summed E-state index contributed by atoms with van der Waals surface area (Å²) in [5.74, 6) is 3.39. The summed E-state index contributed by atoms with van der Waals surface area (Å²) in [6, 6.07) is 5.87. The molecule has 0 saturated carbocycles. The molecule has 0 radical (unpaired) electrons. The van der Waals surface area contributed by atoms with Crippen molar-refractivity contribution in [3.05, 3.63) is 35.1 Å². The molecule has 2 atom stereocenters. The van der Waals surface area contributed by atoms with Gasteiger partial charge in [-0.1, -0.05) is 12.1 Å². The molecule has 3 rings (SSSR count). The average molecular weight is 251 g/mol. The largest absolute Gasteiger partial charge is 0.310 e. The van der Waals surface area contributed by atoms with E-state index in [0.717, 1.165) is 30.9 Å². The lowest BCUT2D eigenvalue weighted by Gasteiger charge is -2.17. The Morgan fingerprint density at radius 2 is 2.29 bits per heavy atom. The normalized spacial score (nSPS) is 27.4. The van der Waals surface area contributed by atoms with Gasteiger partial charge < -0.3 is 5.32 Å². The summed E-state index contributed by atoms with van der Waals surface area (Å²) in [6.07, 6.45) is 3.27. The van der Waals surface area contributed by atoms with Crippen LogP contribution in [0.2, 0.25) is 0 Å². The minimum Gasteiger partial charge on any atom is -0.310 e. The van der Waals surface area contributed by atoms with Gasteiger partial charge in [0.15, 0.2) is 0 Å². The standard InChI is InChI=1S/C14H18FNS/c15-13-3-1-2-12-11(13)4-5-14(12)16-8-10-6-7-17-9-10/h1-3,10,14,16H,4-9H2. The zero-order chi connectivity index (χ0) is 11.7. The zero-order valence-electron chi connectivity index (χ0n) is 9.92. The van der Waals surface area contributed by atoms with Crippen molar-refractivity contribution >= 4 is 11.8 Å². The molecule has 92 valence electrons. The second kappa shape index (κ2) is 4.99. The van der Waals surface area contributed by atoms with Crippen LogP contribution in [0, 0.1) is 11.7 Å². The van der Waals surface area contributed by atoms with Crippen LogP contribution in [0.15, 0.2) is 18.2 Å². The molecule has 1 aromatic rings. The third-order valence-corrected chi connectivity index (χ3v) is 5.12. The molecule has 0 amide bonds. The van der Waals surface area contributed by atoms with Crippen LogP contribution in [0.1, 0.15) is 30.0 Å². The second-order valence-electron chi connectivity index (χ2n) is 5.04. The van der Waals surface area contributed by atoms with Gasteiger partial charge in [-0.25, -0.2) is 4.39 Å². The summed E-state index contributed by atoms with van der Waals surface area (Å²) in [5.41, 5.74) is 2.13.